The summed E-state index contributed by atoms with van der Waals surface area (Å²) in [6.07, 6.45) is -2.82. The van der Waals surface area contributed by atoms with Gasteiger partial charge in [0.2, 0.25) is 0 Å². The number of aromatic nitrogens is 1. The topological polar surface area (TPSA) is 48.8 Å². The number of ether oxygens (including phenoxy) is 1. The van der Waals surface area contributed by atoms with Crippen LogP contribution in [-0.4, -0.2) is 48.3 Å². The maximum atomic E-state index is 13.1. The number of phenolic OH excluding ortho intramolecular Hbond substituents is 1. The van der Waals surface area contributed by atoms with Crippen LogP contribution in [0.3, 0.4) is 0 Å². The SMILES string of the molecule is COc1ccccc1N1CCN(Cc2nc(-c3ccc(C(F)(F)F)cc3)sc2CCc2ccc(O)c(C)c2)CC1. The smallest absolute Gasteiger partial charge is 0.416 e. The zero-order valence-electron chi connectivity index (χ0n) is 22.5. The highest BCUT2D eigenvalue weighted by atomic mass is 32.1. The van der Waals surface area contributed by atoms with Crippen molar-refractivity contribution in [1.29, 1.82) is 0 Å². The van der Waals surface area contributed by atoms with Crippen LogP contribution in [0.4, 0.5) is 18.9 Å². The van der Waals surface area contributed by atoms with Gasteiger partial charge >= 0.3 is 6.18 Å². The van der Waals surface area contributed by atoms with Gasteiger partial charge in [-0.05, 0) is 61.2 Å². The molecule has 0 atom stereocenters. The molecule has 5 rings (SSSR count). The molecule has 0 radical (unpaired) electrons. The Morgan fingerprint density at radius 1 is 0.950 bits per heavy atom. The standard InChI is InChI=1S/C31H32F3N3O2S/c1-21-19-22(7-13-27(21)38)8-14-29-25(35-30(40-29)23-9-11-24(12-10-23)31(32,33)34)20-36-15-17-37(18-16-36)26-5-3-4-6-28(26)39-2/h3-7,9-13,19,38H,8,14-18,20H2,1-2H3. The molecular formula is C31H32F3N3O2S. The molecule has 210 valence electrons. The van der Waals surface area contributed by atoms with Gasteiger partial charge in [-0.15, -0.1) is 11.3 Å². The molecule has 0 saturated carbocycles. The number of methoxy groups -OCH3 is 1. The predicted molar refractivity (Wildman–Crippen MR) is 153 cm³/mol. The van der Waals surface area contributed by atoms with Gasteiger partial charge in [0.15, 0.2) is 0 Å². The van der Waals surface area contributed by atoms with Crippen LogP contribution in [-0.2, 0) is 25.6 Å². The third-order valence-electron chi connectivity index (χ3n) is 7.31. The Bertz CT molecular complexity index is 1450. The van der Waals surface area contributed by atoms with Gasteiger partial charge in [0, 0.05) is 43.2 Å². The van der Waals surface area contributed by atoms with E-state index >= 15 is 0 Å². The molecule has 0 amide bonds. The van der Waals surface area contributed by atoms with E-state index in [-0.39, 0.29) is 5.75 Å². The van der Waals surface area contributed by atoms with E-state index in [1.165, 1.54) is 12.1 Å². The molecule has 0 spiro atoms. The van der Waals surface area contributed by atoms with Gasteiger partial charge < -0.3 is 14.7 Å². The van der Waals surface area contributed by atoms with Crippen molar-refractivity contribution >= 4 is 17.0 Å². The second-order valence-electron chi connectivity index (χ2n) is 10.0. The number of phenols is 1. The Morgan fingerprint density at radius 2 is 1.68 bits per heavy atom. The quantitative estimate of drug-likeness (QED) is 0.250. The van der Waals surface area contributed by atoms with Crippen LogP contribution in [0, 0.1) is 6.92 Å². The van der Waals surface area contributed by atoms with Gasteiger partial charge in [-0.3, -0.25) is 4.90 Å². The average Bonchev–Trinajstić information content (AvgIpc) is 3.36. The normalized spacial score (nSPS) is 14.5. The second-order valence-corrected chi connectivity index (χ2v) is 11.1. The average molecular weight is 568 g/mol. The fraction of sp³-hybridized carbons (Fsp3) is 0.323. The fourth-order valence-corrected chi connectivity index (χ4v) is 6.08. The van der Waals surface area contributed by atoms with Crippen molar-refractivity contribution in [2.75, 3.05) is 38.2 Å². The number of piperazine rings is 1. The molecule has 0 aliphatic carbocycles. The van der Waals surface area contributed by atoms with Crippen molar-refractivity contribution < 1.29 is 23.0 Å². The van der Waals surface area contributed by atoms with Crippen molar-refractivity contribution in [1.82, 2.24) is 9.88 Å². The van der Waals surface area contributed by atoms with Gasteiger partial charge in [0.05, 0.1) is 24.1 Å². The van der Waals surface area contributed by atoms with E-state index in [2.05, 4.69) is 15.9 Å². The highest BCUT2D eigenvalue weighted by Gasteiger charge is 2.30. The van der Waals surface area contributed by atoms with Crippen LogP contribution in [0.15, 0.2) is 66.7 Å². The number of hydrogen-bond donors (Lipinski definition) is 1. The predicted octanol–water partition coefficient (Wildman–Crippen LogP) is 6.96. The third kappa shape index (κ3) is 6.42. The van der Waals surface area contributed by atoms with E-state index in [9.17, 15) is 18.3 Å². The lowest BCUT2D eigenvalue weighted by atomic mass is 10.1. The number of anilines is 1. The number of aryl methyl sites for hydroxylation is 3. The lowest BCUT2D eigenvalue weighted by Crippen LogP contribution is -2.46. The minimum atomic E-state index is -4.37. The molecule has 0 unspecified atom stereocenters. The second kappa shape index (κ2) is 11.9. The molecule has 3 aromatic carbocycles. The number of rotatable bonds is 8. The number of halogens is 3. The van der Waals surface area contributed by atoms with Gasteiger partial charge in [-0.1, -0.05) is 36.4 Å². The van der Waals surface area contributed by atoms with Gasteiger partial charge in [0.25, 0.3) is 0 Å². The van der Waals surface area contributed by atoms with E-state index in [4.69, 9.17) is 9.72 Å². The Morgan fingerprint density at radius 3 is 2.35 bits per heavy atom. The summed E-state index contributed by atoms with van der Waals surface area (Å²) < 4.78 is 44.8. The first-order valence-corrected chi connectivity index (χ1v) is 14.1. The molecule has 5 nitrogen and oxygen atoms in total. The van der Waals surface area contributed by atoms with Gasteiger partial charge in [-0.25, -0.2) is 4.98 Å². The number of benzene rings is 3. The third-order valence-corrected chi connectivity index (χ3v) is 8.52. The summed E-state index contributed by atoms with van der Waals surface area (Å²) in [6, 6.07) is 18.9. The first-order valence-electron chi connectivity index (χ1n) is 13.3. The van der Waals surface area contributed by atoms with Crippen LogP contribution in [0.2, 0.25) is 0 Å². The van der Waals surface area contributed by atoms with Crippen LogP contribution >= 0.6 is 11.3 Å². The van der Waals surface area contributed by atoms with E-state index in [0.717, 1.165) is 89.3 Å². The molecule has 1 aliphatic rings. The number of hydrogen-bond acceptors (Lipinski definition) is 6. The first kappa shape index (κ1) is 28.0. The Labute approximate surface area is 236 Å². The summed E-state index contributed by atoms with van der Waals surface area (Å²) in [6.45, 7) is 6.01. The molecule has 1 saturated heterocycles. The molecule has 2 heterocycles. The lowest BCUT2D eigenvalue weighted by molar-refractivity contribution is -0.137. The molecule has 9 heteroatoms. The van der Waals surface area contributed by atoms with Crippen LogP contribution < -0.4 is 9.64 Å². The van der Waals surface area contributed by atoms with E-state index < -0.39 is 11.7 Å². The fourth-order valence-electron chi connectivity index (χ4n) is 5.01. The molecule has 1 fully saturated rings. The zero-order chi connectivity index (χ0) is 28.3. The van der Waals surface area contributed by atoms with Crippen LogP contribution in [0.1, 0.15) is 27.3 Å². The van der Waals surface area contributed by atoms with Crippen LogP contribution in [0.5, 0.6) is 11.5 Å². The van der Waals surface area contributed by atoms with E-state index in [1.807, 2.05) is 37.3 Å². The maximum absolute atomic E-state index is 13.1. The minimum Gasteiger partial charge on any atom is -0.508 e. The van der Waals surface area contributed by atoms with E-state index in [0.29, 0.717) is 12.1 Å². The summed E-state index contributed by atoms with van der Waals surface area (Å²) in [4.78, 5) is 10.8. The minimum absolute atomic E-state index is 0.277. The monoisotopic (exact) mass is 567 g/mol. The molecule has 1 aliphatic heterocycles. The van der Waals surface area contributed by atoms with Gasteiger partial charge in [-0.2, -0.15) is 13.2 Å². The number of para-hydroxylation sites is 2. The highest BCUT2D eigenvalue weighted by Crippen LogP contribution is 2.34. The van der Waals surface area contributed by atoms with Crippen molar-refractivity contribution in [2.24, 2.45) is 0 Å². The molecule has 1 N–H and O–H groups in total. The highest BCUT2D eigenvalue weighted by molar-refractivity contribution is 7.15. The van der Waals surface area contributed by atoms with E-state index in [1.54, 1.807) is 24.5 Å². The molecule has 4 aromatic rings. The number of nitrogens with zero attached hydrogens (tertiary/aromatic N) is 3. The van der Waals surface area contributed by atoms with Gasteiger partial charge in [0.1, 0.15) is 16.5 Å². The Balaban J connectivity index is 1.34. The van der Waals surface area contributed by atoms with Crippen molar-refractivity contribution in [3.8, 4) is 22.1 Å². The lowest BCUT2D eigenvalue weighted by Gasteiger charge is -2.36. The Hall–Kier alpha value is -3.56. The zero-order valence-corrected chi connectivity index (χ0v) is 23.4. The van der Waals surface area contributed by atoms with Crippen molar-refractivity contribution in [3.05, 3.63) is 94.0 Å². The molecular weight excluding hydrogens is 535 g/mol. The summed E-state index contributed by atoms with van der Waals surface area (Å²) in [5, 5.41) is 10.6. The first-order chi connectivity index (χ1) is 19.2. The number of thiazole rings is 1. The molecule has 40 heavy (non-hydrogen) atoms. The maximum Gasteiger partial charge on any atom is 0.416 e. The van der Waals surface area contributed by atoms with Crippen molar-refractivity contribution in [2.45, 2.75) is 32.5 Å². The summed E-state index contributed by atoms with van der Waals surface area (Å²) in [5.41, 5.74) is 4.04. The summed E-state index contributed by atoms with van der Waals surface area (Å²) >= 11 is 1.55. The summed E-state index contributed by atoms with van der Waals surface area (Å²) in [5.74, 6) is 1.14. The molecule has 1 aromatic heterocycles. The van der Waals surface area contributed by atoms with Crippen LogP contribution in [0.25, 0.3) is 10.6 Å². The van der Waals surface area contributed by atoms with Crippen molar-refractivity contribution in [3.63, 3.8) is 0 Å². The summed E-state index contributed by atoms with van der Waals surface area (Å²) in [7, 11) is 1.69. The number of alkyl halides is 3. The largest absolute Gasteiger partial charge is 0.508 e. The molecule has 0 bridgehead atoms. The Kier molecular flexibility index (Phi) is 8.32. The number of aromatic hydroxyl groups is 1.